The summed E-state index contributed by atoms with van der Waals surface area (Å²) in [6, 6.07) is 0. The molecule has 2 aromatic rings. The second-order valence-corrected chi connectivity index (χ2v) is 7.29. The monoisotopic (exact) mass is 393 g/mol. The molecule has 0 saturated carbocycles. The predicted octanol–water partition coefficient (Wildman–Crippen LogP) is 1.71. The molecule has 27 heavy (non-hydrogen) atoms. The normalized spacial score (nSPS) is 16.6. The summed E-state index contributed by atoms with van der Waals surface area (Å²) in [6.07, 6.45) is 4.96. The molecule has 1 fully saturated rings. The number of aromatic nitrogens is 2. The number of hydrogen-bond acceptors (Lipinski definition) is 7. The molecular formula is C18H23N3O5S. The van der Waals surface area contributed by atoms with E-state index in [0.29, 0.717) is 18.0 Å². The molecule has 1 aliphatic rings. The van der Waals surface area contributed by atoms with Gasteiger partial charge in [0.2, 0.25) is 5.91 Å². The minimum atomic E-state index is -0.533. The van der Waals surface area contributed by atoms with Crippen LogP contribution in [-0.4, -0.2) is 47.3 Å². The Morgan fingerprint density at radius 2 is 2.33 bits per heavy atom. The summed E-state index contributed by atoms with van der Waals surface area (Å²) in [5.74, 6) is -0.828. The van der Waals surface area contributed by atoms with E-state index in [1.807, 2.05) is 6.92 Å². The number of esters is 1. The Morgan fingerprint density at radius 3 is 3.07 bits per heavy atom. The lowest BCUT2D eigenvalue weighted by atomic mass is 10.2. The number of ether oxygens (including phenoxy) is 2. The summed E-state index contributed by atoms with van der Waals surface area (Å²) in [4.78, 5) is 41.8. The number of carbonyl (C=O) groups excluding carboxylic acids is 2. The number of carbonyl (C=O) groups is 2. The molecule has 3 heterocycles. The van der Waals surface area contributed by atoms with Gasteiger partial charge in [-0.25, -0.2) is 9.78 Å². The van der Waals surface area contributed by atoms with Crippen molar-refractivity contribution in [3.8, 4) is 0 Å². The highest BCUT2D eigenvalue weighted by molar-refractivity contribution is 7.17. The highest BCUT2D eigenvalue weighted by atomic mass is 32.1. The molecule has 0 bridgehead atoms. The highest BCUT2D eigenvalue weighted by Crippen LogP contribution is 2.21. The quantitative estimate of drug-likeness (QED) is 0.541. The van der Waals surface area contributed by atoms with E-state index in [-0.39, 0.29) is 29.5 Å². The fourth-order valence-corrected chi connectivity index (χ4v) is 3.73. The first kappa shape index (κ1) is 19.5. The Bertz CT molecular complexity index is 869. The largest absolute Gasteiger partial charge is 0.462 e. The van der Waals surface area contributed by atoms with Crippen LogP contribution in [0.1, 0.15) is 43.0 Å². The van der Waals surface area contributed by atoms with E-state index in [0.717, 1.165) is 32.3 Å². The molecule has 0 radical (unpaired) electrons. The van der Waals surface area contributed by atoms with E-state index in [1.165, 1.54) is 22.2 Å². The molecule has 9 heteroatoms. The molecule has 8 nitrogen and oxygen atoms in total. The lowest BCUT2D eigenvalue weighted by molar-refractivity contribution is -0.122. The molecule has 146 valence electrons. The second kappa shape index (κ2) is 9.09. The van der Waals surface area contributed by atoms with E-state index in [2.05, 4.69) is 10.3 Å². The Labute approximate surface area is 160 Å². The van der Waals surface area contributed by atoms with Crippen molar-refractivity contribution in [1.29, 1.82) is 0 Å². The van der Waals surface area contributed by atoms with E-state index in [4.69, 9.17) is 9.47 Å². The van der Waals surface area contributed by atoms with Gasteiger partial charge in [0.25, 0.3) is 5.56 Å². The van der Waals surface area contributed by atoms with E-state index >= 15 is 0 Å². The number of thiophene rings is 1. The zero-order valence-electron chi connectivity index (χ0n) is 15.2. The second-order valence-electron chi connectivity index (χ2n) is 6.44. The zero-order valence-corrected chi connectivity index (χ0v) is 16.0. The van der Waals surface area contributed by atoms with E-state index in [1.54, 1.807) is 5.38 Å². The molecule has 1 amide bonds. The smallest absolute Gasteiger partial charge is 0.339 e. The third kappa shape index (κ3) is 4.72. The van der Waals surface area contributed by atoms with Crippen LogP contribution in [0.2, 0.25) is 0 Å². The number of nitrogens with zero attached hydrogens (tertiary/aromatic N) is 2. The maximum absolute atomic E-state index is 12.8. The van der Waals surface area contributed by atoms with Crippen LogP contribution in [0.5, 0.6) is 0 Å². The topological polar surface area (TPSA) is 99.5 Å². The molecule has 1 unspecified atom stereocenters. The van der Waals surface area contributed by atoms with Gasteiger partial charge in [-0.2, -0.15) is 0 Å². The van der Waals surface area contributed by atoms with Crippen LogP contribution >= 0.6 is 11.3 Å². The van der Waals surface area contributed by atoms with E-state index in [9.17, 15) is 14.4 Å². The molecule has 0 spiro atoms. The summed E-state index contributed by atoms with van der Waals surface area (Å²) < 4.78 is 11.9. The number of rotatable bonds is 8. The van der Waals surface area contributed by atoms with Crippen molar-refractivity contribution in [3.63, 3.8) is 0 Å². The number of unbranched alkanes of at least 4 members (excludes halogenated alkanes) is 1. The van der Waals surface area contributed by atoms with Gasteiger partial charge in [-0.1, -0.05) is 13.3 Å². The molecule has 1 N–H and O–H groups in total. The molecule has 2 aromatic heterocycles. The summed E-state index contributed by atoms with van der Waals surface area (Å²) in [5.41, 5.74) is -0.214. The van der Waals surface area contributed by atoms with Crippen molar-refractivity contribution in [2.24, 2.45) is 0 Å². The lowest BCUT2D eigenvalue weighted by Gasteiger charge is -2.11. The average Bonchev–Trinajstić information content (AvgIpc) is 3.32. The maximum atomic E-state index is 12.8. The van der Waals surface area contributed by atoms with Crippen LogP contribution in [0.25, 0.3) is 10.2 Å². The van der Waals surface area contributed by atoms with Crippen LogP contribution in [0, 0.1) is 0 Å². The van der Waals surface area contributed by atoms with Gasteiger partial charge in [-0.05, 0) is 19.3 Å². The maximum Gasteiger partial charge on any atom is 0.339 e. The third-order valence-electron chi connectivity index (χ3n) is 4.38. The SMILES string of the molecule is CCCCOC(=O)c1csc2ncn(CC(=O)NCC3CCCO3)c(=O)c12. The van der Waals surface area contributed by atoms with Crippen molar-refractivity contribution in [3.05, 3.63) is 27.6 Å². The summed E-state index contributed by atoms with van der Waals surface area (Å²) in [6.45, 7) is 3.30. The summed E-state index contributed by atoms with van der Waals surface area (Å²) in [7, 11) is 0. The Morgan fingerprint density at radius 1 is 1.48 bits per heavy atom. The first-order valence-electron chi connectivity index (χ1n) is 9.12. The van der Waals surface area contributed by atoms with Crippen LogP contribution < -0.4 is 10.9 Å². The number of amides is 1. The average molecular weight is 393 g/mol. The van der Waals surface area contributed by atoms with Crippen molar-refractivity contribution >= 4 is 33.4 Å². The standard InChI is InChI=1S/C18H23N3O5S/c1-2-3-6-26-18(24)13-10-27-16-15(13)17(23)21(11-20-16)9-14(22)19-8-12-5-4-7-25-12/h10-12H,2-9H2,1H3,(H,19,22). The highest BCUT2D eigenvalue weighted by Gasteiger charge is 2.20. The van der Waals surface area contributed by atoms with Gasteiger partial charge >= 0.3 is 5.97 Å². The zero-order chi connectivity index (χ0) is 19.2. The lowest BCUT2D eigenvalue weighted by Crippen LogP contribution is -2.36. The van der Waals surface area contributed by atoms with Crippen molar-refractivity contribution in [1.82, 2.24) is 14.9 Å². The Balaban J connectivity index is 1.71. The van der Waals surface area contributed by atoms with E-state index < -0.39 is 11.5 Å². The van der Waals surface area contributed by atoms with Gasteiger partial charge in [0.1, 0.15) is 11.4 Å². The van der Waals surface area contributed by atoms with Gasteiger partial charge in [-0.3, -0.25) is 14.2 Å². The third-order valence-corrected chi connectivity index (χ3v) is 5.26. The van der Waals surface area contributed by atoms with Crippen LogP contribution in [0.15, 0.2) is 16.5 Å². The number of fused-ring (bicyclic) bond motifs is 1. The summed E-state index contributed by atoms with van der Waals surface area (Å²) >= 11 is 1.21. The predicted molar refractivity (Wildman–Crippen MR) is 101 cm³/mol. The number of hydrogen-bond donors (Lipinski definition) is 1. The molecule has 0 aromatic carbocycles. The summed E-state index contributed by atoms with van der Waals surface area (Å²) in [5, 5.41) is 4.56. The van der Waals surface area contributed by atoms with Crippen LogP contribution in [0.3, 0.4) is 0 Å². The molecular weight excluding hydrogens is 370 g/mol. The van der Waals surface area contributed by atoms with Gasteiger partial charge < -0.3 is 14.8 Å². The fourth-order valence-electron chi connectivity index (χ4n) is 2.86. The fraction of sp³-hybridized carbons (Fsp3) is 0.556. The van der Waals surface area contributed by atoms with Crippen molar-refractivity contribution in [2.45, 2.75) is 45.3 Å². The first-order chi connectivity index (χ1) is 13.1. The minimum Gasteiger partial charge on any atom is -0.462 e. The number of nitrogens with one attached hydrogen (secondary N) is 1. The minimum absolute atomic E-state index is 0.0349. The molecule has 1 aliphatic heterocycles. The van der Waals surface area contributed by atoms with Crippen LogP contribution in [0.4, 0.5) is 0 Å². The Hall–Kier alpha value is -2.26. The molecule has 1 saturated heterocycles. The molecule has 1 atom stereocenters. The van der Waals surface area contributed by atoms with Gasteiger partial charge in [-0.15, -0.1) is 11.3 Å². The van der Waals surface area contributed by atoms with Gasteiger partial charge in [0.05, 0.1) is 30.0 Å². The Kier molecular flexibility index (Phi) is 6.57. The van der Waals surface area contributed by atoms with Gasteiger partial charge in [0, 0.05) is 18.5 Å². The van der Waals surface area contributed by atoms with Crippen LogP contribution in [-0.2, 0) is 20.8 Å². The first-order valence-corrected chi connectivity index (χ1v) is 10.00. The van der Waals surface area contributed by atoms with Crippen molar-refractivity contribution in [2.75, 3.05) is 19.8 Å². The molecule has 3 rings (SSSR count). The molecule has 0 aliphatic carbocycles. The van der Waals surface area contributed by atoms with Crippen molar-refractivity contribution < 1.29 is 19.1 Å². The van der Waals surface area contributed by atoms with Gasteiger partial charge in [0.15, 0.2) is 0 Å².